The van der Waals surface area contributed by atoms with Gasteiger partial charge in [0.25, 0.3) is 5.69 Å². The van der Waals surface area contributed by atoms with Crippen molar-refractivity contribution in [3.8, 4) is 0 Å². The zero-order valence-corrected chi connectivity index (χ0v) is 13.3. The number of hydrogen-bond acceptors (Lipinski definition) is 4. The normalized spacial score (nSPS) is 11.5. The molecule has 124 valence electrons. The molecule has 24 heavy (non-hydrogen) atoms. The van der Waals surface area contributed by atoms with Crippen molar-refractivity contribution in [3.63, 3.8) is 0 Å². The maximum Gasteiger partial charge on any atom is 0.272 e. The third kappa shape index (κ3) is 4.49. The van der Waals surface area contributed by atoms with Crippen LogP contribution in [0.4, 0.5) is 5.69 Å². The largest absolute Gasteiger partial charge is 0.356 e. The standard InChI is InChI=1S/C18H18N2O4/c1-13(21)19-12-15(11-18(22)14-7-3-2-4-8-14)16-9-5-6-10-17(16)20(23)24/h2-10,15H,11-12H2,1H3,(H,19,21). The number of amides is 1. The zero-order valence-electron chi connectivity index (χ0n) is 13.3. The van der Waals surface area contributed by atoms with E-state index in [4.69, 9.17) is 0 Å². The molecule has 6 heteroatoms. The number of benzene rings is 2. The van der Waals surface area contributed by atoms with Crippen molar-refractivity contribution in [1.29, 1.82) is 0 Å². The number of para-hydroxylation sites is 1. The average molecular weight is 326 g/mol. The van der Waals surface area contributed by atoms with E-state index in [-0.39, 0.29) is 30.3 Å². The van der Waals surface area contributed by atoms with Crippen LogP contribution in [0.25, 0.3) is 0 Å². The van der Waals surface area contributed by atoms with Crippen LogP contribution in [0.2, 0.25) is 0 Å². The molecule has 1 unspecified atom stereocenters. The van der Waals surface area contributed by atoms with Gasteiger partial charge in [-0.05, 0) is 0 Å². The molecule has 0 saturated carbocycles. The van der Waals surface area contributed by atoms with E-state index >= 15 is 0 Å². The van der Waals surface area contributed by atoms with Gasteiger partial charge >= 0.3 is 0 Å². The first-order chi connectivity index (χ1) is 11.5. The number of nitrogens with one attached hydrogen (secondary N) is 1. The van der Waals surface area contributed by atoms with Crippen LogP contribution in [-0.2, 0) is 4.79 Å². The number of nitro benzene ring substituents is 1. The van der Waals surface area contributed by atoms with Crippen LogP contribution in [0.15, 0.2) is 54.6 Å². The Morgan fingerprint density at radius 1 is 1.08 bits per heavy atom. The van der Waals surface area contributed by atoms with E-state index in [2.05, 4.69) is 5.32 Å². The summed E-state index contributed by atoms with van der Waals surface area (Å²) < 4.78 is 0. The molecule has 6 nitrogen and oxygen atoms in total. The fourth-order valence-corrected chi connectivity index (χ4v) is 2.52. The first-order valence-electron chi connectivity index (χ1n) is 7.55. The highest BCUT2D eigenvalue weighted by molar-refractivity contribution is 5.96. The van der Waals surface area contributed by atoms with Gasteiger partial charge in [-0.1, -0.05) is 48.5 Å². The minimum atomic E-state index is -0.469. The van der Waals surface area contributed by atoms with Crippen LogP contribution in [0.1, 0.15) is 35.2 Å². The summed E-state index contributed by atoms with van der Waals surface area (Å²) >= 11 is 0. The van der Waals surface area contributed by atoms with Crippen LogP contribution >= 0.6 is 0 Å². The summed E-state index contributed by atoms with van der Waals surface area (Å²) in [5, 5.41) is 13.9. The van der Waals surface area contributed by atoms with Gasteiger partial charge in [-0.2, -0.15) is 0 Å². The van der Waals surface area contributed by atoms with Gasteiger partial charge in [0.15, 0.2) is 5.78 Å². The SMILES string of the molecule is CC(=O)NCC(CC(=O)c1ccccc1)c1ccccc1[N+](=O)[O-]. The van der Waals surface area contributed by atoms with Crippen molar-refractivity contribution in [3.05, 3.63) is 75.8 Å². The fraction of sp³-hybridized carbons (Fsp3) is 0.222. The fourth-order valence-electron chi connectivity index (χ4n) is 2.52. The molecule has 0 spiro atoms. The highest BCUT2D eigenvalue weighted by Gasteiger charge is 2.24. The molecule has 0 aromatic heterocycles. The maximum absolute atomic E-state index is 12.5. The Labute approximate surface area is 139 Å². The summed E-state index contributed by atoms with van der Waals surface area (Å²) in [5.74, 6) is -0.835. The van der Waals surface area contributed by atoms with E-state index in [1.54, 1.807) is 42.5 Å². The summed E-state index contributed by atoms with van der Waals surface area (Å²) in [6, 6.07) is 15.1. The van der Waals surface area contributed by atoms with Crippen molar-refractivity contribution >= 4 is 17.4 Å². The van der Waals surface area contributed by atoms with E-state index in [0.717, 1.165) is 0 Å². The van der Waals surface area contributed by atoms with Gasteiger partial charge in [-0.3, -0.25) is 19.7 Å². The molecule has 2 rings (SSSR count). The Bertz CT molecular complexity index is 744. The summed E-state index contributed by atoms with van der Waals surface area (Å²) in [4.78, 5) is 34.5. The molecule has 0 aliphatic carbocycles. The first kappa shape index (κ1) is 17.3. The molecule has 1 amide bonds. The monoisotopic (exact) mass is 326 g/mol. The second-order valence-electron chi connectivity index (χ2n) is 5.44. The summed E-state index contributed by atoms with van der Waals surface area (Å²) in [6.07, 6.45) is 0.0785. The van der Waals surface area contributed by atoms with Crippen LogP contribution in [0.5, 0.6) is 0 Å². The van der Waals surface area contributed by atoms with Gasteiger partial charge in [-0.15, -0.1) is 0 Å². The van der Waals surface area contributed by atoms with Crippen LogP contribution in [-0.4, -0.2) is 23.2 Å². The highest BCUT2D eigenvalue weighted by atomic mass is 16.6. The molecule has 1 atom stereocenters. The van der Waals surface area contributed by atoms with Crippen molar-refractivity contribution in [2.75, 3.05) is 6.54 Å². The number of hydrogen-bond donors (Lipinski definition) is 1. The number of rotatable bonds is 7. The van der Waals surface area contributed by atoms with Crippen LogP contribution in [0.3, 0.4) is 0 Å². The van der Waals surface area contributed by atoms with Crippen molar-refractivity contribution in [1.82, 2.24) is 5.32 Å². The Hall–Kier alpha value is -3.02. The molecule has 1 N–H and O–H groups in total. The van der Waals surface area contributed by atoms with Crippen LogP contribution < -0.4 is 5.32 Å². The Morgan fingerprint density at radius 2 is 1.71 bits per heavy atom. The summed E-state index contributed by atoms with van der Waals surface area (Å²) in [7, 11) is 0. The van der Waals surface area contributed by atoms with Crippen molar-refractivity contribution in [2.24, 2.45) is 0 Å². The third-order valence-electron chi connectivity index (χ3n) is 3.70. The second kappa shape index (κ2) is 8.01. The van der Waals surface area contributed by atoms with Gasteiger partial charge in [0, 0.05) is 43.0 Å². The van der Waals surface area contributed by atoms with Gasteiger partial charge in [0.2, 0.25) is 5.91 Å². The predicted octanol–water partition coefficient (Wildman–Crippen LogP) is 3.09. The third-order valence-corrected chi connectivity index (χ3v) is 3.70. The Kier molecular flexibility index (Phi) is 5.78. The van der Waals surface area contributed by atoms with E-state index < -0.39 is 10.8 Å². The van der Waals surface area contributed by atoms with E-state index in [1.807, 2.05) is 6.07 Å². The molecule has 0 bridgehead atoms. The number of nitrogens with zero attached hydrogens (tertiary/aromatic N) is 1. The van der Waals surface area contributed by atoms with E-state index in [1.165, 1.54) is 13.0 Å². The number of ketones is 1. The van der Waals surface area contributed by atoms with Gasteiger partial charge < -0.3 is 5.32 Å². The lowest BCUT2D eigenvalue weighted by Gasteiger charge is -2.17. The molecule has 0 heterocycles. The lowest BCUT2D eigenvalue weighted by Crippen LogP contribution is -2.27. The first-order valence-corrected chi connectivity index (χ1v) is 7.55. The topological polar surface area (TPSA) is 89.3 Å². The van der Waals surface area contributed by atoms with Gasteiger partial charge in [-0.25, -0.2) is 0 Å². The average Bonchev–Trinajstić information content (AvgIpc) is 2.59. The predicted molar refractivity (Wildman–Crippen MR) is 89.9 cm³/mol. The molecule has 0 saturated heterocycles. The highest BCUT2D eigenvalue weighted by Crippen LogP contribution is 2.29. The number of carbonyl (C=O) groups is 2. The van der Waals surface area contributed by atoms with Crippen molar-refractivity contribution < 1.29 is 14.5 Å². The number of Topliss-reactive ketones (excluding diaryl/α,β-unsaturated/α-hetero) is 1. The molecule has 2 aromatic carbocycles. The molecule has 0 fully saturated rings. The van der Waals surface area contributed by atoms with Gasteiger partial charge in [0.1, 0.15) is 0 Å². The maximum atomic E-state index is 12.5. The lowest BCUT2D eigenvalue weighted by atomic mass is 9.90. The zero-order chi connectivity index (χ0) is 17.5. The molecule has 0 aliphatic rings. The smallest absolute Gasteiger partial charge is 0.272 e. The minimum Gasteiger partial charge on any atom is -0.356 e. The molecule has 0 aliphatic heterocycles. The minimum absolute atomic E-state index is 0.0475. The van der Waals surface area contributed by atoms with E-state index in [9.17, 15) is 19.7 Å². The Morgan fingerprint density at radius 3 is 2.33 bits per heavy atom. The summed E-state index contributed by atoms with van der Waals surface area (Å²) in [5.41, 5.74) is 0.943. The number of carbonyl (C=O) groups excluding carboxylic acids is 2. The van der Waals surface area contributed by atoms with Gasteiger partial charge in [0.05, 0.1) is 4.92 Å². The van der Waals surface area contributed by atoms with Crippen molar-refractivity contribution in [2.45, 2.75) is 19.3 Å². The Balaban J connectivity index is 2.30. The molecule has 0 radical (unpaired) electrons. The van der Waals surface area contributed by atoms with Crippen LogP contribution in [0, 0.1) is 10.1 Å². The second-order valence-corrected chi connectivity index (χ2v) is 5.44. The molecule has 2 aromatic rings. The summed E-state index contributed by atoms with van der Waals surface area (Å²) in [6.45, 7) is 1.54. The quantitative estimate of drug-likeness (QED) is 0.481. The molecular weight excluding hydrogens is 308 g/mol. The lowest BCUT2D eigenvalue weighted by molar-refractivity contribution is -0.385. The van der Waals surface area contributed by atoms with E-state index in [0.29, 0.717) is 11.1 Å². The number of nitro groups is 1. The molecular formula is C18H18N2O4.